The topological polar surface area (TPSA) is 175 Å². The zero-order chi connectivity index (χ0) is 20.4. The number of fused-ring (bicyclic) bond motifs is 2. The average molecular weight is 418 g/mol. The Morgan fingerprint density at radius 1 is 0.828 bits per heavy atom. The quantitative estimate of drug-likeness (QED) is 0.385. The van der Waals surface area contributed by atoms with Gasteiger partial charge in [-0.3, -0.25) is 4.57 Å². The van der Waals surface area contributed by atoms with Crippen molar-refractivity contribution in [2.24, 2.45) is 0 Å². The predicted octanol–water partition coefficient (Wildman–Crippen LogP) is 0.687. The largest absolute Gasteiger partial charge is 0.382 e. The van der Waals surface area contributed by atoms with E-state index in [1.54, 1.807) is 21.8 Å². The molecule has 0 unspecified atom stereocenters. The van der Waals surface area contributed by atoms with Gasteiger partial charge in [-0.05, 0) is 0 Å². The summed E-state index contributed by atoms with van der Waals surface area (Å²) in [6.45, 7) is 2.50. The third-order valence-corrected chi connectivity index (χ3v) is 5.48. The molecule has 14 heteroatoms. The van der Waals surface area contributed by atoms with Crippen LogP contribution >= 0.6 is 7.60 Å². The number of nitrogen functional groups attached to an aromatic ring is 2. The van der Waals surface area contributed by atoms with Gasteiger partial charge < -0.3 is 29.6 Å². The number of anilines is 2. The Kier molecular flexibility index (Phi) is 5.09. The van der Waals surface area contributed by atoms with Crippen molar-refractivity contribution in [2.75, 3.05) is 31.3 Å². The molecule has 0 saturated carbocycles. The lowest BCUT2D eigenvalue weighted by Crippen LogP contribution is -2.08. The molecule has 0 aliphatic carbocycles. The van der Waals surface area contributed by atoms with E-state index in [0.29, 0.717) is 47.1 Å². The van der Waals surface area contributed by atoms with E-state index in [4.69, 9.17) is 20.5 Å². The Hall–Kier alpha value is -3.15. The van der Waals surface area contributed by atoms with Crippen LogP contribution < -0.4 is 11.5 Å². The van der Waals surface area contributed by atoms with Crippen LogP contribution in [-0.2, 0) is 26.7 Å². The van der Waals surface area contributed by atoms with E-state index in [-0.39, 0.29) is 13.2 Å². The van der Waals surface area contributed by atoms with Crippen LogP contribution in [0.1, 0.15) is 0 Å². The highest BCUT2D eigenvalue weighted by atomic mass is 31.2. The lowest BCUT2D eigenvalue weighted by Gasteiger charge is -2.15. The second kappa shape index (κ2) is 7.70. The van der Waals surface area contributed by atoms with Crippen molar-refractivity contribution in [2.45, 2.75) is 13.1 Å². The lowest BCUT2D eigenvalue weighted by atomic mass is 10.5. The molecule has 152 valence electrons. The van der Waals surface area contributed by atoms with Gasteiger partial charge in [0.2, 0.25) is 0 Å². The summed E-state index contributed by atoms with van der Waals surface area (Å²) >= 11 is 0. The Labute approximate surface area is 164 Å². The second-order valence-electron chi connectivity index (χ2n) is 6.18. The molecule has 4 N–H and O–H groups in total. The van der Waals surface area contributed by atoms with E-state index in [2.05, 4.69) is 29.9 Å². The number of nitrogens with two attached hydrogens (primary N) is 2. The average Bonchev–Trinajstić information content (AvgIpc) is 3.28. The Bertz CT molecular complexity index is 1120. The monoisotopic (exact) mass is 418 g/mol. The fourth-order valence-electron chi connectivity index (χ4n) is 2.77. The van der Waals surface area contributed by atoms with Gasteiger partial charge in [0.25, 0.3) is 0 Å². The molecular formula is C15H19N10O3P. The van der Waals surface area contributed by atoms with Crippen LogP contribution in [0.4, 0.5) is 11.6 Å². The molecule has 0 spiro atoms. The molecule has 0 bridgehead atoms. The fourth-order valence-corrected chi connectivity index (χ4v) is 3.67. The maximum Gasteiger partial charge on any atom is 0.327 e. The van der Waals surface area contributed by atoms with Crippen molar-refractivity contribution in [1.82, 2.24) is 39.0 Å². The Balaban J connectivity index is 1.30. The highest BCUT2D eigenvalue weighted by Gasteiger charge is 2.18. The van der Waals surface area contributed by atoms with Crippen molar-refractivity contribution < 1.29 is 13.6 Å². The molecule has 0 atom stereocenters. The molecule has 0 aliphatic rings. The van der Waals surface area contributed by atoms with Crippen LogP contribution in [0, 0.1) is 0 Å². The zero-order valence-electron chi connectivity index (χ0n) is 15.5. The summed E-state index contributed by atoms with van der Waals surface area (Å²) in [6.07, 6.45) is 5.89. The summed E-state index contributed by atoms with van der Waals surface area (Å²) in [5.41, 5.74) is 13.7. The molecule has 0 aliphatic heterocycles. The number of hydrogen-bond acceptors (Lipinski definition) is 11. The van der Waals surface area contributed by atoms with Gasteiger partial charge in [-0.1, -0.05) is 0 Å². The van der Waals surface area contributed by atoms with Crippen molar-refractivity contribution >= 4 is 41.6 Å². The predicted molar refractivity (Wildman–Crippen MR) is 105 cm³/mol. The van der Waals surface area contributed by atoms with Crippen molar-refractivity contribution in [3.63, 3.8) is 0 Å². The molecule has 4 aromatic rings. The van der Waals surface area contributed by atoms with Crippen molar-refractivity contribution in [3.05, 3.63) is 25.3 Å². The van der Waals surface area contributed by atoms with E-state index >= 15 is 0 Å². The van der Waals surface area contributed by atoms with Crippen LogP contribution in [-0.4, -0.2) is 58.9 Å². The van der Waals surface area contributed by atoms with Crippen LogP contribution in [0.15, 0.2) is 25.3 Å². The summed E-state index contributed by atoms with van der Waals surface area (Å²) in [7, 11) is -3.25. The fraction of sp³-hybridized carbons (Fsp3) is 0.333. The van der Waals surface area contributed by atoms with Gasteiger partial charge in [0.1, 0.15) is 23.7 Å². The molecule has 0 saturated heterocycles. The van der Waals surface area contributed by atoms with Crippen LogP contribution in [0.2, 0.25) is 0 Å². The van der Waals surface area contributed by atoms with Gasteiger partial charge in [-0.2, -0.15) is 0 Å². The van der Waals surface area contributed by atoms with Gasteiger partial charge in [0, 0.05) is 19.8 Å². The van der Waals surface area contributed by atoms with Gasteiger partial charge >= 0.3 is 7.60 Å². The number of aromatic nitrogens is 8. The van der Waals surface area contributed by atoms with Crippen LogP contribution in [0.3, 0.4) is 0 Å². The van der Waals surface area contributed by atoms with E-state index in [0.717, 1.165) is 0 Å². The zero-order valence-corrected chi connectivity index (χ0v) is 16.4. The number of hydrogen-bond donors (Lipinski definition) is 2. The van der Waals surface area contributed by atoms with E-state index in [1.165, 1.54) is 19.3 Å². The van der Waals surface area contributed by atoms with Crippen molar-refractivity contribution in [3.8, 4) is 0 Å². The Morgan fingerprint density at radius 2 is 1.28 bits per heavy atom. The molecule has 0 aromatic carbocycles. The number of imidazole rings is 2. The van der Waals surface area contributed by atoms with E-state index in [9.17, 15) is 4.57 Å². The summed E-state index contributed by atoms with van der Waals surface area (Å²) in [5, 5.41) is 0. The summed E-state index contributed by atoms with van der Waals surface area (Å²) in [4.78, 5) is 24.4. The van der Waals surface area contributed by atoms with Gasteiger partial charge in [0.05, 0.1) is 25.9 Å². The standard InChI is InChI=1S/C15H19N10O3P/c1-29(26,27-4-2-24-8-22-10-12(16)18-6-20-14(10)24)28-5-3-25-9-23-11-13(17)19-7-21-15(11)25/h6-9H,2-5H2,1H3,(H2,16,18,20)(H2,17,19,21). The summed E-state index contributed by atoms with van der Waals surface area (Å²) in [6, 6.07) is 0. The molecular weight excluding hydrogens is 399 g/mol. The molecule has 0 fully saturated rings. The Morgan fingerprint density at radius 3 is 1.72 bits per heavy atom. The lowest BCUT2D eigenvalue weighted by molar-refractivity contribution is 0.198. The molecule has 0 radical (unpaired) electrons. The van der Waals surface area contributed by atoms with E-state index < -0.39 is 7.60 Å². The molecule has 4 rings (SSSR count). The van der Waals surface area contributed by atoms with Crippen LogP contribution in [0.25, 0.3) is 22.3 Å². The maximum absolute atomic E-state index is 12.5. The smallest absolute Gasteiger partial charge is 0.327 e. The highest BCUT2D eigenvalue weighted by molar-refractivity contribution is 7.52. The molecule has 0 amide bonds. The second-order valence-corrected chi connectivity index (χ2v) is 8.24. The number of rotatable bonds is 8. The minimum absolute atomic E-state index is 0.154. The van der Waals surface area contributed by atoms with Gasteiger partial charge in [-0.15, -0.1) is 0 Å². The first-order valence-corrected chi connectivity index (χ1v) is 10.6. The third kappa shape index (κ3) is 4.01. The first-order chi connectivity index (χ1) is 13.9. The maximum atomic E-state index is 12.5. The third-order valence-electron chi connectivity index (χ3n) is 4.18. The first kappa shape index (κ1) is 19.2. The van der Waals surface area contributed by atoms with Gasteiger partial charge in [-0.25, -0.2) is 29.9 Å². The van der Waals surface area contributed by atoms with Crippen LogP contribution in [0.5, 0.6) is 0 Å². The minimum atomic E-state index is -3.25. The SMILES string of the molecule is CP(=O)(OCCn1cnc2c(N)ncnc21)OCCn1cnc2c(N)ncnc21. The van der Waals surface area contributed by atoms with E-state index in [1.807, 2.05) is 0 Å². The summed E-state index contributed by atoms with van der Waals surface area (Å²) in [5.74, 6) is 0.608. The first-order valence-electron chi connectivity index (χ1n) is 8.64. The van der Waals surface area contributed by atoms with Gasteiger partial charge in [0.15, 0.2) is 22.9 Å². The molecule has 13 nitrogen and oxygen atoms in total. The minimum Gasteiger partial charge on any atom is -0.382 e. The summed E-state index contributed by atoms with van der Waals surface area (Å²) < 4.78 is 26.9. The normalized spacial score (nSPS) is 12.2. The highest BCUT2D eigenvalue weighted by Crippen LogP contribution is 2.43. The van der Waals surface area contributed by atoms with Crippen molar-refractivity contribution in [1.29, 1.82) is 0 Å². The number of nitrogens with zero attached hydrogens (tertiary/aromatic N) is 8. The molecule has 4 heterocycles. The molecule has 29 heavy (non-hydrogen) atoms. The molecule has 4 aromatic heterocycles.